The van der Waals surface area contributed by atoms with Crippen molar-refractivity contribution < 1.29 is 13.9 Å². The third kappa shape index (κ3) is 1.87. The number of hydrogen-bond donors (Lipinski definition) is 0. The molecule has 4 heteroatoms. The molecule has 9 heavy (non-hydrogen) atoms. The Morgan fingerprint density at radius 1 is 1.67 bits per heavy atom. The molecule has 1 amide bonds. The standard InChI is InChI=1S/C5H8FNO2/c6-1-4-9-5(8)7-2-3-7/h1-4H2. The highest BCUT2D eigenvalue weighted by molar-refractivity contribution is 5.69. The van der Waals surface area contributed by atoms with Gasteiger partial charge in [0.1, 0.15) is 13.3 Å². The van der Waals surface area contributed by atoms with Crippen molar-refractivity contribution in [2.24, 2.45) is 0 Å². The Morgan fingerprint density at radius 3 is 2.78 bits per heavy atom. The molecule has 0 aromatic carbocycles. The maximum absolute atomic E-state index is 11.3. The van der Waals surface area contributed by atoms with Gasteiger partial charge in [0.05, 0.1) is 0 Å². The SMILES string of the molecule is O=C(OCCF)N1CC1. The van der Waals surface area contributed by atoms with Crippen LogP contribution >= 0.6 is 0 Å². The van der Waals surface area contributed by atoms with Gasteiger partial charge in [-0.05, 0) is 0 Å². The molecule has 0 radical (unpaired) electrons. The summed E-state index contributed by atoms with van der Waals surface area (Å²) in [5, 5.41) is 0. The van der Waals surface area contributed by atoms with Crippen molar-refractivity contribution in [3.8, 4) is 0 Å². The molecule has 0 N–H and O–H groups in total. The van der Waals surface area contributed by atoms with E-state index >= 15 is 0 Å². The molecule has 1 saturated heterocycles. The molecule has 0 aromatic rings. The van der Waals surface area contributed by atoms with E-state index in [1.54, 1.807) is 0 Å². The molecular formula is C5H8FNO2. The van der Waals surface area contributed by atoms with Crippen LogP contribution < -0.4 is 0 Å². The van der Waals surface area contributed by atoms with Crippen LogP contribution in [0, 0.1) is 0 Å². The van der Waals surface area contributed by atoms with Crippen molar-refractivity contribution in [2.75, 3.05) is 26.4 Å². The van der Waals surface area contributed by atoms with E-state index in [9.17, 15) is 9.18 Å². The lowest BCUT2D eigenvalue weighted by molar-refractivity contribution is 0.123. The van der Waals surface area contributed by atoms with Gasteiger partial charge in [0.25, 0.3) is 0 Å². The molecule has 0 aromatic heterocycles. The number of ether oxygens (including phenoxy) is 1. The maximum Gasteiger partial charge on any atom is 0.409 e. The zero-order chi connectivity index (χ0) is 6.69. The van der Waals surface area contributed by atoms with Gasteiger partial charge in [-0.2, -0.15) is 0 Å². The normalized spacial score (nSPS) is 15.4. The summed E-state index contributed by atoms with van der Waals surface area (Å²) in [5.74, 6) is 0. The van der Waals surface area contributed by atoms with Crippen LogP contribution in [-0.4, -0.2) is 37.4 Å². The summed E-state index contributed by atoms with van der Waals surface area (Å²) in [6.07, 6.45) is -0.396. The van der Waals surface area contributed by atoms with E-state index in [0.717, 1.165) is 13.1 Å². The summed E-state index contributed by atoms with van der Waals surface area (Å²) in [5.41, 5.74) is 0. The second-order valence-corrected chi connectivity index (χ2v) is 1.79. The molecule has 1 aliphatic heterocycles. The number of carbonyl (C=O) groups is 1. The number of rotatable bonds is 2. The van der Waals surface area contributed by atoms with E-state index in [2.05, 4.69) is 4.74 Å². The van der Waals surface area contributed by atoms with Crippen LogP contribution in [0.15, 0.2) is 0 Å². The topological polar surface area (TPSA) is 29.3 Å². The third-order valence-corrected chi connectivity index (χ3v) is 1.01. The van der Waals surface area contributed by atoms with Crippen molar-refractivity contribution in [3.63, 3.8) is 0 Å². The van der Waals surface area contributed by atoms with Gasteiger partial charge in [0.15, 0.2) is 0 Å². The molecule has 0 spiro atoms. The highest BCUT2D eigenvalue weighted by Gasteiger charge is 2.24. The third-order valence-electron chi connectivity index (χ3n) is 1.01. The first-order valence-electron chi connectivity index (χ1n) is 2.82. The van der Waals surface area contributed by atoms with Crippen LogP contribution in [0.4, 0.5) is 9.18 Å². The lowest BCUT2D eigenvalue weighted by Gasteiger charge is -1.99. The van der Waals surface area contributed by atoms with Crippen LogP contribution in [-0.2, 0) is 4.74 Å². The van der Waals surface area contributed by atoms with Gasteiger partial charge in [-0.15, -0.1) is 0 Å². The smallest absolute Gasteiger partial charge is 0.409 e. The van der Waals surface area contributed by atoms with Crippen LogP contribution in [0.5, 0.6) is 0 Å². The van der Waals surface area contributed by atoms with Gasteiger partial charge in [0.2, 0.25) is 0 Å². The van der Waals surface area contributed by atoms with Crippen molar-refractivity contribution in [3.05, 3.63) is 0 Å². The molecule has 3 nitrogen and oxygen atoms in total. The molecule has 1 rings (SSSR count). The Bertz CT molecular complexity index is 114. The van der Waals surface area contributed by atoms with Gasteiger partial charge < -0.3 is 9.64 Å². The molecule has 0 unspecified atom stereocenters. The maximum atomic E-state index is 11.3. The Kier molecular flexibility index (Phi) is 1.87. The van der Waals surface area contributed by atoms with Gasteiger partial charge in [0, 0.05) is 13.1 Å². The van der Waals surface area contributed by atoms with E-state index < -0.39 is 12.8 Å². The molecule has 0 aliphatic carbocycles. The van der Waals surface area contributed by atoms with Gasteiger partial charge >= 0.3 is 6.09 Å². The highest BCUT2D eigenvalue weighted by atomic mass is 19.1. The number of carbonyl (C=O) groups excluding carboxylic acids is 1. The largest absolute Gasteiger partial charge is 0.447 e. The Morgan fingerprint density at radius 2 is 2.33 bits per heavy atom. The molecule has 1 fully saturated rings. The van der Waals surface area contributed by atoms with Crippen LogP contribution in [0.25, 0.3) is 0 Å². The first-order chi connectivity index (χ1) is 4.34. The summed E-state index contributed by atoms with van der Waals surface area (Å²) in [6, 6.07) is 0. The minimum atomic E-state index is -0.598. The number of halogens is 1. The van der Waals surface area contributed by atoms with Crippen molar-refractivity contribution in [1.82, 2.24) is 4.90 Å². The van der Waals surface area contributed by atoms with Crippen LogP contribution in [0.1, 0.15) is 0 Å². The molecule has 0 bridgehead atoms. The second-order valence-electron chi connectivity index (χ2n) is 1.79. The second kappa shape index (κ2) is 2.66. The first kappa shape index (κ1) is 6.32. The number of amides is 1. The zero-order valence-corrected chi connectivity index (χ0v) is 4.97. The van der Waals surface area contributed by atoms with Crippen LogP contribution in [0.3, 0.4) is 0 Å². The number of nitrogens with zero attached hydrogens (tertiary/aromatic N) is 1. The fourth-order valence-electron chi connectivity index (χ4n) is 0.450. The quantitative estimate of drug-likeness (QED) is 0.510. The summed E-state index contributed by atoms with van der Waals surface area (Å²) in [6.45, 7) is 0.797. The monoisotopic (exact) mass is 133 g/mol. The highest BCUT2D eigenvalue weighted by Crippen LogP contribution is 2.04. The van der Waals surface area contributed by atoms with E-state index in [-0.39, 0.29) is 6.61 Å². The predicted octanol–water partition coefficient (Wildman–Crippen LogP) is 0.408. The Labute approximate surface area is 52.4 Å². The summed E-state index contributed by atoms with van der Waals surface area (Å²) >= 11 is 0. The Hall–Kier alpha value is -0.800. The minimum Gasteiger partial charge on any atom is -0.447 e. The van der Waals surface area contributed by atoms with Gasteiger partial charge in [-0.1, -0.05) is 0 Å². The molecular weight excluding hydrogens is 125 g/mol. The summed E-state index contributed by atoms with van der Waals surface area (Å²) in [7, 11) is 0. The predicted molar refractivity (Wildman–Crippen MR) is 28.9 cm³/mol. The van der Waals surface area contributed by atoms with Crippen molar-refractivity contribution >= 4 is 6.09 Å². The van der Waals surface area contributed by atoms with E-state index in [4.69, 9.17) is 0 Å². The molecule has 52 valence electrons. The fourth-order valence-corrected chi connectivity index (χ4v) is 0.450. The van der Waals surface area contributed by atoms with Crippen LogP contribution in [0.2, 0.25) is 0 Å². The average molecular weight is 133 g/mol. The van der Waals surface area contributed by atoms with E-state index in [1.165, 1.54) is 4.90 Å². The number of alkyl halides is 1. The fraction of sp³-hybridized carbons (Fsp3) is 0.800. The first-order valence-corrected chi connectivity index (χ1v) is 2.82. The van der Waals surface area contributed by atoms with E-state index in [1.807, 2.05) is 0 Å². The molecule has 1 aliphatic rings. The van der Waals surface area contributed by atoms with Crippen molar-refractivity contribution in [2.45, 2.75) is 0 Å². The summed E-state index contributed by atoms with van der Waals surface area (Å²) < 4.78 is 15.8. The van der Waals surface area contributed by atoms with Gasteiger partial charge in [-0.25, -0.2) is 9.18 Å². The molecule has 0 saturated carbocycles. The molecule has 0 atom stereocenters. The van der Waals surface area contributed by atoms with E-state index in [0.29, 0.717) is 0 Å². The summed E-state index contributed by atoms with van der Waals surface area (Å²) in [4.78, 5) is 12.0. The van der Waals surface area contributed by atoms with Gasteiger partial charge in [-0.3, -0.25) is 0 Å². The number of hydrogen-bond acceptors (Lipinski definition) is 2. The molecule has 1 heterocycles. The lowest BCUT2D eigenvalue weighted by atomic mass is 10.8. The zero-order valence-electron chi connectivity index (χ0n) is 4.97. The lowest BCUT2D eigenvalue weighted by Crippen LogP contribution is -2.13. The Balaban J connectivity index is 2.03. The minimum absolute atomic E-state index is 0.116. The average Bonchev–Trinajstić information content (AvgIpc) is 2.63. The van der Waals surface area contributed by atoms with Crippen molar-refractivity contribution in [1.29, 1.82) is 0 Å².